The number of nitrogens with two attached hydrogens (primary N) is 1. The van der Waals surface area contributed by atoms with Crippen molar-refractivity contribution >= 4 is 0 Å². The number of aromatic nitrogens is 2. The molecule has 1 atom stereocenters. The number of aryl methyl sites for hydroxylation is 2. The Morgan fingerprint density at radius 2 is 2.31 bits per heavy atom. The summed E-state index contributed by atoms with van der Waals surface area (Å²) in [4.78, 5) is 4.28. The van der Waals surface area contributed by atoms with Crippen molar-refractivity contribution in [3.05, 3.63) is 18.2 Å². The van der Waals surface area contributed by atoms with Gasteiger partial charge in [-0.3, -0.25) is 0 Å². The van der Waals surface area contributed by atoms with Crippen molar-refractivity contribution in [3.8, 4) is 0 Å². The molecule has 0 aliphatic carbocycles. The fourth-order valence-corrected chi connectivity index (χ4v) is 1.44. The van der Waals surface area contributed by atoms with Gasteiger partial charge in [-0.15, -0.1) is 0 Å². The van der Waals surface area contributed by atoms with Gasteiger partial charge in [0.15, 0.2) is 0 Å². The van der Waals surface area contributed by atoms with Crippen LogP contribution < -0.4 is 5.73 Å². The van der Waals surface area contributed by atoms with E-state index in [1.807, 2.05) is 19.4 Å². The number of rotatable bonds is 5. The lowest BCUT2D eigenvalue weighted by Gasteiger charge is -2.08. The smallest absolute Gasteiger partial charge is 0.108 e. The lowest BCUT2D eigenvalue weighted by Crippen LogP contribution is -2.08. The first-order valence-electron chi connectivity index (χ1n) is 4.90. The first-order chi connectivity index (χ1) is 6.24. The lowest BCUT2D eigenvalue weighted by atomic mass is 10.0. The molecular formula is C10H19N3. The molecule has 2 N–H and O–H groups in total. The Labute approximate surface area is 80.0 Å². The molecule has 3 nitrogen and oxygen atoms in total. The standard InChI is InChI=1S/C10H19N3/c1-9(5-6-11)3-4-10-12-7-8-13(10)2/h7-9H,3-6,11H2,1-2H3. The van der Waals surface area contributed by atoms with Crippen molar-refractivity contribution < 1.29 is 0 Å². The molecule has 1 heterocycles. The summed E-state index contributed by atoms with van der Waals surface area (Å²) in [5.74, 6) is 1.88. The van der Waals surface area contributed by atoms with Crippen LogP contribution in [0.5, 0.6) is 0 Å². The largest absolute Gasteiger partial charge is 0.338 e. The molecule has 0 saturated carbocycles. The van der Waals surface area contributed by atoms with Gasteiger partial charge in [-0.2, -0.15) is 0 Å². The summed E-state index contributed by atoms with van der Waals surface area (Å²) in [6.07, 6.45) is 7.20. The van der Waals surface area contributed by atoms with Crippen LogP contribution in [-0.4, -0.2) is 16.1 Å². The van der Waals surface area contributed by atoms with Crippen molar-refractivity contribution in [2.24, 2.45) is 18.7 Å². The second kappa shape index (κ2) is 5.02. The summed E-state index contributed by atoms with van der Waals surface area (Å²) in [6.45, 7) is 3.04. The van der Waals surface area contributed by atoms with Gasteiger partial charge in [0.2, 0.25) is 0 Å². The molecule has 0 radical (unpaired) electrons. The third-order valence-corrected chi connectivity index (χ3v) is 2.44. The molecule has 1 aromatic rings. The Balaban J connectivity index is 2.30. The molecule has 1 unspecified atom stereocenters. The Hall–Kier alpha value is -0.830. The number of hydrogen-bond donors (Lipinski definition) is 1. The zero-order valence-electron chi connectivity index (χ0n) is 8.53. The molecule has 0 aromatic carbocycles. The fourth-order valence-electron chi connectivity index (χ4n) is 1.44. The van der Waals surface area contributed by atoms with Gasteiger partial charge in [0.25, 0.3) is 0 Å². The highest BCUT2D eigenvalue weighted by Gasteiger charge is 2.04. The van der Waals surface area contributed by atoms with Gasteiger partial charge in [-0.25, -0.2) is 4.98 Å². The van der Waals surface area contributed by atoms with E-state index in [0.29, 0.717) is 5.92 Å². The molecule has 3 heteroatoms. The van der Waals surface area contributed by atoms with Gasteiger partial charge in [0, 0.05) is 25.9 Å². The highest BCUT2D eigenvalue weighted by molar-refractivity contribution is 4.91. The third kappa shape index (κ3) is 3.19. The summed E-state index contributed by atoms with van der Waals surface area (Å²) >= 11 is 0. The van der Waals surface area contributed by atoms with Gasteiger partial charge < -0.3 is 10.3 Å². The quantitative estimate of drug-likeness (QED) is 0.745. The average molecular weight is 181 g/mol. The van der Waals surface area contributed by atoms with Crippen LogP contribution in [0.1, 0.15) is 25.6 Å². The van der Waals surface area contributed by atoms with Crippen molar-refractivity contribution in [1.29, 1.82) is 0 Å². The molecule has 0 aliphatic rings. The van der Waals surface area contributed by atoms with Crippen molar-refractivity contribution in [1.82, 2.24) is 9.55 Å². The molecule has 0 aliphatic heterocycles. The van der Waals surface area contributed by atoms with Crippen molar-refractivity contribution in [2.75, 3.05) is 6.54 Å². The molecule has 0 saturated heterocycles. The van der Waals surface area contributed by atoms with Gasteiger partial charge >= 0.3 is 0 Å². The Morgan fingerprint density at radius 3 is 2.85 bits per heavy atom. The normalized spacial score (nSPS) is 13.2. The molecule has 74 valence electrons. The molecule has 0 amide bonds. The maximum atomic E-state index is 5.49. The second-order valence-corrected chi connectivity index (χ2v) is 3.68. The van der Waals surface area contributed by atoms with E-state index in [1.165, 1.54) is 12.2 Å². The predicted octanol–water partition coefficient (Wildman–Crippen LogP) is 1.34. The van der Waals surface area contributed by atoms with Crippen LogP contribution in [0.15, 0.2) is 12.4 Å². The third-order valence-electron chi connectivity index (χ3n) is 2.44. The molecule has 1 aromatic heterocycles. The molecule has 13 heavy (non-hydrogen) atoms. The molecular weight excluding hydrogens is 162 g/mol. The summed E-state index contributed by atoms with van der Waals surface area (Å²) in [5.41, 5.74) is 5.49. The van der Waals surface area contributed by atoms with E-state index in [9.17, 15) is 0 Å². The second-order valence-electron chi connectivity index (χ2n) is 3.68. The van der Waals surface area contributed by atoms with Gasteiger partial charge in [0.1, 0.15) is 5.82 Å². The van der Waals surface area contributed by atoms with Gasteiger partial charge in [-0.05, 0) is 25.3 Å². The monoisotopic (exact) mass is 181 g/mol. The maximum absolute atomic E-state index is 5.49. The fraction of sp³-hybridized carbons (Fsp3) is 0.700. The van der Waals surface area contributed by atoms with E-state index >= 15 is 0 Å². The van der Waals surface area contributed by atoms with Gasteiger partial charge in [0.05, 0.1) is 0 Å². The molecule has 0 fully saturated rings. The number of hydrogen-bond acceptors (Lipinski definition) is 2. The first kappa shape index (κ1) is 10.3. The summed E-state index contributed by atoms with van der Waals surface area (Å²) in [5, 5.41) is 0. The number of nitrogens with zero attached hydrogens (tertiary/aromatic N) is 2. The lowest BCUT2D eigenvalue weighted by molar-refractivity contribution is 0.490. The first-order valence-corrected chi connectivity index (χ1v) is 4.90. The molecule has 0 bridgehead atoms. The van der Waals surface area contributed by atoms with E-state index in [1.54, 1.807) is 0 Å². The van der Waals surface area contributed by atoms with E-state index in [4.69, 9.17) is 5.73 Å². The van der Waals surface area contributed by atoms with E-state index < -0.39 is 0 Å². The van der Waals surface area contributed by atoms with E-state index in [2.05, 4.69) is 16.5 Å². The summed E-state index contributed by atoms with van der Waals surface area (Å²) in [7, 11) is 2.04. The summed E-state index contributed by atoms with van der Waals surface area (Å²) < 4.78 is 2.08. The van der Waals surface area contributed by atoms with Crippen LogP contribution in [0.3, 0.4) is 0 Å². The Kier molecular flexibility index (Phi) is 3.96. The van der Waals surface area contributed by atoms with Crippen LogP contribution in [0.2, 0.25) is 0 Å². The number of imidazole rings is 1. The van der Waals surface area contributed by atoms with E-state index in [-0.39, 0.29) is 0 Å². The minimum absolute atomic E-state index is 0.710. The van der Waals surface area contributed by atoms with Crippen molar-refractivity contribution in [2.45, 2.75) is 26.2 Å². The van der Waals surface area contributed by atoms with Crippen molar-refractivity contribution in [3.63, 3.8) is 0 Å². The Bertz CT molecular complexity index is 242. The van der Waals surface area contributed by atoms with Crippen LogP contribution in [0.4, 0.5) is 0 Å². The zero-order valence-corrected chi connectivity index (χ0v) is 8.53. The van der Waals surface area contributed by atoms with Crippen LogP contribution in [0.25, 0.3) is 0 Å². The summed E-state index contributed by atoms with van der Waals surface area (Å²) in [6, 6.07) is 0. The minimum Gasteiger partial charge on any atom is -0.338 e. The van der Waals surface area contributed by atoms with E-state index in [0.717, 1.165) is 19.4 Å². The highest BCUT2D eigenvalue weighted by Crippen LogP contribution is 2.10. The molecule has 1 rings (SSSR count). The average Bonchev–Trinajstić information content (AvgIpc) is 2.48. The Morgan fingerprint density at radius 1 is 1.54 bits per heavy atom. The SMILES string of the molecule is CC(CCN)CCc1nccn1C. The van der Waals surface area contributed by atoms with Crippen LogP contribution in [-0.2, 0) is 13.5 Å². The highest BCUT2D eigenvalue weighted by atomic mass is 15.0. The zero-order chi connectivity index (χ0) is 9.68. The molecule has 0 spiro atoms. The van der Waals surface area contributed by atoms with Gasteiger partial charge in [-0.1, -0.05) is 6.92 Å². The predicted molar refractivity (Wildman–Crippen MR) is 54.4 cm³/mol. The minimum atomic E-state index is 0.710. The van der Waals surface area contributed by atoms with Crippen LogP contribution in [0, 0.1) is 5.92 Å². The topological polar surface area (TPSA) is 43.8 Å². The maximum Gasteiger partial charge on any atom is 0.108 e. The van der Waals surface area contributed by atoms with Crippen LogP contribution >= 0.6 is 0 Å².